The lowest BCUT2D eigenvalue weighted by Crippen LogP contribution is -2.16. The zero-order chi connectivity index (χ0) is 10.9. The molecule has 0 aromatic carbocycles. The maximum absolute atomic E-state index is 10.8. The topological polar surface area (TPSA) is 50.4 Å². The van der Waals surface area contributed by atoms with Gasteiger partial charge in [-0.05, 0) is 31.4 Å². The maximum atomic E-state index is 10.8. The molecular formula is C11H16O3. The summed E-state index contributed by atoms with van der Waals surface area (Å²) in [5.74, 6) is 0.497. The van der Waals surface area contributed by atoms with Gasteiger partial charge in [0.1, 0.15) is 11.5 Å². The lowest BCUT2D eigenvalue weighted by Gasteiger charge is -2.14. The highest BCUT2D eigenvalue weighted by Gasteiger charge is 2.23. The molecule has 2 atom stereocenters. The SMILES string of the molecule is Cc1cc(C(C)C(C)C(=O)O)c(C)o1. The summed E-state index contributed by atoms with van der Waals surface area (Å²) >= 11 is 0. The van der Waals surface area contributed by atoms with Crippen molar-refractivity contribution in [2.45, 2.75) is 33.6 Å². The summed E-state index contributed by atoms with van der Waals surface area (Å²) in [7, 11) is 0. The fourth-order valence-corrected chi connectivity index (χ4v) is 1.59. The molecular weight excluding hydrogens is 180 g/mol. The minimum Gasteiger partial charge on any atom is -0.481 e. The molecule has 0 saturated carbocycles. The lowest BCUT2D eigenvalue weighted by molar-refractivity contribution is -0.141. The molecule has 0 amide bonds. The first kappa shape index (κ1) is 10.8. The molecule has 0 spiro atoms. The van der Waals surface area contributed by atoms with Crippen molar-refractivity contribution in [1.82, 2.24) is 0 Å². The molecule has 1 aromatic rings. The number of carboxylic acid groups (broad SMARTS) is 1. The molecule has 14 heavy (non-hydrogen) atoms. The van der Waals surface area contributed by atoms with E-state index in [1.807, 2.05) is 26.8 Å². The van der Waals surface area contributed by atoms with Crippen molar-refractivity contribution >= 4 is 5.97 Å². The molecule has 0 fully saturated rings. The Labute approximate surface area is 83.7 Å². The Kier molecular flexibility index (Phi) is 2.99. The number of carbonyl (C=O) groups is 1. The standard InChI is InChI=1S/C11H16O3/c1-6-5-10(9(4)14-6)7(2)8(3)11(12)13/h5,7-8H,1-4H3,(H,12,13). The van der Waals surface area contributed by atoms with Gasteiger partial charge in [-0.25, -0.2) is 0 Å². The average Bonchev–Trinajstić information content (AvgIpc) is 2.42. The van der Waals surface area contributed by atoms with Crippen molar-refractivity contribution in [3.63, 3.8) is 0 Å². The maximum Gasteiger partial charge on any atom is 0.306 e. The Balaban J connectivity index is 2.94. The van der Waals surface area contributed by atoms with E-state index in [2.05, 4.69) is 0 Å². The first-order chi connectivity index (χ1) is 6.43. The number of hydrogen-bond acceptors (Lipinski definition) is 2. The highest BCUT2D eigenvalue weighted by atomic mass is 16.4. The van der Waals surface area contributed by atoms with Gasteiger partial charge in [0.15, 0.2) is 0 Å². The van der Waals surface area contributed by atoms with Gasteiger partial charge in [0.2, 0.25) is 0 Å². The molecule has 0 aliphatic heterocycles. The van der Waals surface area contributed by atoms with Gasteiger partial charge in [-0.2, -0.15) is 0 Å². The number of aliphatic carboxylic acids is 1. The quantitative estimate of drug-likeness (QED) is 0.808. The van der Waals surface area contributed by atoms with Crippen LogP contribution in [0.5, 0.6) is 0 Å². The van der Waals surface area contributed by atoms with Gasteiger partial charge in [-0.15, -0.1) is 0 Å². The largest absolute Gasteiger partial charge is 0.481 e. The molecule has 1 aromatic heterocycles. The van der Waals surface area contributed by atoms with Crippen LogP contribution in [0.15, 0.2) is 10.5 Å². The molecule has 1 N–H and O–H groups in total. The third-order valence-corrected chi connectivity index (χ3v) is 2.71. The normalized spacial score (nSPS) is 15.1. The van der Waals surface area contributed by atoms with Crippen LogP contribution in [0.25, 0.3) is 0 Å². The van der Waals surface area contributed by atoms with Gasteiger partial charge >= 0.3 is 5.97 Å². The van der Waals surface area contributed by atoms with E-state index >= 15 is 0 Å². The first-order valence-corrected chi connectivity index (χ1v) is 4.73. The fraction of sp³-hybridized carbons (Fsp3) is 0.545. The molecule has 0 aliphatic rings. The second-order valence-corrected chi connectivity index (χ2v) is 3.78. The Morgan fingerprint density at radius 2 is 2.00 bits per heavy atom. The van der Waals surface area contributed by atoms with E-state index in [-0.39, 0.29) is 11.8 Å². The third kappa shape index (κ3) is 1.97. The van der Waals surface area contributed by atoms with Crippen LogP contribution in [0, 0.1) is 19.8 Å². The highest BCUT2D eigenvalue weighted by Crippen LogP contribution is 2.29. The van der Waals surface area contributed by atoms with Crippen LogP contribution in [-0.4, -0.2) is 11.1 Å². The molecule has 0 bridgehead atoms. The summed E-state index contributed by atoms with van der Waals surface area (Å²) in [5, 5.41) is 8.88. The van der Waals surface area contributed by atoms with E-state index in [0.29, 0.717) is 0 Å². The van der Waals surface area contributed by atoms with Gasteiger partial charge < -0.3 is 9.52 Å². The first-order valence-electron chi connectivity index (χ1n) is 4.73. The van der Waals surface area contributed by atoms with Gasteiger partial charge in [0, 0.05) is 0 Å². The highest BCUT2D eigenvalue weighted by molar-refractivity contribution is 5.70. The van der Waals surface area contributed by atoms with Gasteiger partial charge in [-0.1, -0.05) is 13.8 Å². The second kappa shape index (κ2) is 3.86. The van der Waals surface area contributed by atoms with Crippen LogP contribution in [0.3, 0.4) is 0 Å². The summed E-state index contributed by atoms with van der Waals surface area (Å²) in [4.78, 5) is 10.8. The summed E-state index contributed by atoms with van der Waals surface area (Å²) < 4.78 is 5.37. The van der Waals surface area contributed by atoms with Gasteiger partial charge in [0.25, 0.3) is 0 Å². The van der Waals surface area contributed by atoms with E-state index in [9.17, 15) is 4.79 Å². The Hall–Kier alpha value is -1.25. The van der Waals surface area contributed by atoms with Crippen LogP contribution in [0.1, 0.15) is 36.8 Å². The second-order valence-electron chi connectivity index (χ2n) is 3.78. The van der Waals surface area contributed by atoms with E-state index in [1.54, 1.807) is 6.92 Å². The molecule has 3 heteroatoms. The molecule has 3 nitrogen and oxygen atoms in total. The van der Waals surface area contributed by atoms with Crippen LogP contribution in [0.4, 0.5) is 0 Å². The third-order valence-electron chi connectivity index (χ3n) is 2.71. The summed E-state index contributed by atoms with van der Waals surface area (Å²) in [6.07, 6.45) is 0. The number of carboxylic acids is 1. The average molecular weight is 196 g/mol. The van der Waals surface area contributed by atoms with Crippen LogP contribution < -0.4 is 0 Å². The molecule has 0 aliphatic carbocycles. The van der Waals surface area contributed by atoms with Crippen LogP contribution >= 0.6 is 0 Å². The number of aryl methyl sites for hydroxylation is 2. The summed E-state index contributed by atoms with van der Waals surface area (Å²) in [5.41, 5.74) is 0.998. The molecule has 1 rings (SSSR count). The van der Waals surface area contributed by atoms with Crippen molar-refractivity contribution < 1.29 is 14.3 Å². The fourth-order valence-electron chi connectivity index (χ4n) is 1.59. The Morgan fingerprint density at radius 1 is 1.43 bits per heavy atom. The minimum atomic E-state index is -0.768. The van der Waals surface area contributed by atoms with Gasteiger partial charge in [-0.3, -0.25) is 4.79 Å². The zero-order valence-electron chi connectivity index (χ0n) is 9.00. The van der Waals surface area contributed by atoms with Crippen molar-refractivity contribution in [2.24, 2.45) is 5.92 Å². The smallest absolute Gasteiger partial charge is 0.306 e. The van der Waals surface area contributed by atoms with E-state index < -0.39 is 5.97 Å². The predicted octanol–water partition coefficient (Wildman–Crippen LogP) is 2.72. The van der Waals surface area contributed by atoms with Crippen molar-refractivity contribution in [2.75, 3.05) is 0 Å². The van der Waals surface area contributed by atoms with Crippen LogP contribution in [0.2, 0.25) is 0 Å². The van der Waals surface area contributed by atoms with Crippen molar-refractivity contribution in [3.05, 3.63) is 23.2 Å². The predicted molar refractivity (Wildman–Crippen MR) is 53.4 cm³/mol. The molecule has 2 unspecified atom stereocenters. The molecule has 0 saturated heterocycles. The van der Waals surface area contributed by atoms with E-state index in [4.69, 9.17) is 9.52 Å². The number of hydrogen-bond donors (Lipinski definition) is 1. The summed E-state index contributed by atoms with van der Waals surface area (Å²) in [6.45, 7) is 7.37. The number of rotatable bonds is 3. The van der Waals surface area contributed by atoms with Gasteiger partial charge in [0.05, 0.1) is 5.92 Å². The monoisotopic (exact) mass is 196 g/mol. The zero-order valence-corrected chi connectivity index (χ0v) is 9.00. The van der Waals surface area contributed by atoms with E-state index in [0.717, 1.165) is 17.1 Å². The van der Waals surface area contributed by atoms with Crippen LogP contribution in [-0.2, 0) is 4.79 Å². The number of furan rings is 1. The van der Waals surface area contributed by atoms with E-state index in [1.165, 1.54) is 0 Å². The van der Waals surface area contributed by atoms with Crippen molar-refractivity contribution in [3.8, 4) is 0 Å². The molecule has 0 radical (unpaired) electrons. The molecule has 78 valence electrons. The Bertz CT molecular complexity index is 338. The minimum absolute atomic E-state index is 0.00931. The Morgan fingerprint density at radius 3 is 2.36 bits per heavy atom. The molecule has 1 heterocycles. The van der Waals surface area contributed by atoms with Crippen molar-refractivity contribution in [1.29, 1.82) is 0 Å². The lowest BCUT2D eigenvalue weighted by atomic mass is 9.89. The summed E-state index contributed by atoms with van der Waals surface area (Å²) in [6, 6.07) is 1.92.